The third-order valence-corrected chi connectivity index (χ3v) is 5.72. The lowest BCUT2D eigenvalue weighted by molar-refractivity contribution is -0.125. The summed E-state index contributed by atoms with van der Waals surface area (Å²) in [4.78, 5) is 29.5. The van der Waals surface area contributed by atoms with Crippen molar-refractivity contribution < 1.29 is 9.59 Å². The molecule has 0 aliphatic carbocycles. The second-order valence-corrected chi connectivity index (χ2v) is 7.78. The standard InChI is InChI=1S/C24H31N3O2/c1-19(21-10-5-3-6-11-21)18-25-23(28)20(2)26-14-9-15-27(17-16-26)24(29)22-12-7-4-8-13-22/h3-8,10-13,19-20H,9,14-18H2,1-2H3,(H,25,28). The molecule has 1 fully saturated rings. The first-order valence-corrected chi connectivity index (χ1v) is 10.5. The number of hydrogen-bond acceptors (Lipinski definition) is 3. The average molecular weight is 394 g/mol. The fraction of sp³-hybridized carbons (Fsp3) is 0.417. The van der Waals surface area contributed by atoms with Gasteiger partial charge in [-0.2, -0.15) is 0 Å². The molecule has 1 saturated heterocycles. The molecule has 3 rings (SSSR count). The van der Waals surface area contributed by atoms with Gasteiger partial charge in [-0.15, -0.1) is 0 Å². The van der Waals surface area contributed by atoms with E-state index in [0.717, 1.165) is 25.1 Å². The SMILES string of the molecule is CC(CNC(=O)C(C)N1CCCN(C(=O)c2ccccc2)CC1)c1ccccc1. The van der Waals surface area contributed by atoms with E-state index in [1.165, 1.54) is 5.56 Å². The van der Waals surface area contributed by atoms with E-state index < -0.39 is 0 Å². The second kappa shape index (κ2) is 10.2. The highest BCUT2D eigenvalue weighted by molar-refractivity contribution is 5.94. The number of amides is 2. The molecule has 1 heterocycles. The predicted molar refractivity (Wildman–Crippen MR) is 116 cm³/mol. The molecule has 29 heavy (non-hydrogen) atoms. The molecule has 1 aliphatic heterocycles. The van der Waals surface area contributed by atoms with Crippen LogP contribution in [-0.2, 0) is 4.79 Å². The summed E-state index contributed by atoms with van der Waals surface area (Å²) in [7, 11) is 0. The van der Waals surface area contributed by atoms with E-state index in [9.17, 15) is 9.59 Å². The summed E-state index contributed by atoms with van der Waals surface area (Å²) >= 11 is 0. The van der Waals surface area contributed by atoms with E-state index in [1.54, 1.807) is 0 Å². The minimum absolute atomic E-state index is 0.0515. The Labute approximate surface area is 173 Å². The molecule has 0 spiro atoms. The maximum absolute atomic E-state index is 12.7. The van der Waals surface area contributed by atoms with E-state index in [0.29, 0.717) is 19.6 Å². The summed E-state index contributed by atoms with van der Waals surface area (Å²) in [5.41, 5.74) is 1.95. The Hall–Kier alpha value is -2.66. The molecule has 0 saturated carbocycles. The molecule has 1 aliphatic rings. The van der Waals surface area contributed by atoms with Gasteiger partial charge in [0.15, 0.2) is 0 Å². The van der Waals surface area contributed by atoms with Gasteiger partial charge >= 0.3 is 0 Å². The van der Waals surface area contributed by atoms with Gasteiger partial charge in [-0.1, -0.05) is 55.5 Å². The monoisotopic (exact) mass is 393 g/mol. The van der Waals surface area contributed by atoms with Gasteiger partial charge in [0.2, 0.25) is 5.91 Å². The van der Waals surface area contributed by atoms with Gasteiger partial charge in [0, 0.05) is 38.3 Å². The molecule has 2 aromatic carbocycles. The van der Waals surface area contributed by atoms with Crippen molar-refractivity contribution in [3.8, 4) is 0 Å². The van der Waals surface area contributed by atoms with Crippen LogP contribution in [0.25, 0.3) is 0 Å². The number of benzene rings is 2. The lowest BCUT2D eigenvalue weighted by Gasteiger charge is -2.27. The van der Waals surface area contributed by atoms with Gasteiger partial charge in [-0.25, -0.2) is 0 Å². The van der Waals surface area contributed by atoms with Crippen molar-refractivity contribution in [2.24, 2.45) is 0 Å². The molecule has 2 aromatic rings. The molecule has 5 nitrogen and oxygen atoms in total. The number of hydrogen-bond donors (Lipinski definition) is 1. The molecular formula is C24H31N3O2. The molecule has 1 N–H and O–H groups in total. The van der Waals surface area contributed by atoms with E-state index in [4.69, 9.17) is 0 Å². The van der Waals surface area contributed by atoms with Crippen LogP contribution in [0.1, 0.15) is 42.1 Å². The van der Waals surface area contributed by atoms with Gasteiger partial charge in [-0.05, 0) is 37.0 Å². The van der Waals surface area contributed by atoms with Gasteiger partial charge in [0.05, 0.1) is 6.04 Å². The zero-order chi connectivity index (χ0) is 20.6. The number of carbonyl (C=O) groups excluding carboxylic acids is 2. The third kappa shape index (κ3) is 5.67. The van der Waals surface area contributed by atoms with Crippen LogP contribution in [0.4, 0.5) is 0 Å². The minimum Gasteiger partial charge on any atom is -0.354 e. The quantitative estimate of drug-likeness (QED) is 0.820. The van der Waals surface area contributed by atoms with Crippen molar-refractivity contribution in [2.45, 2.75) is 32.2 Å². The third-order valence-electron chi connectivity index (χ3n) is 5.72. The van der Waals surface area contributed by atoms with Crippen LogP contribution in [0.15, 0.2) is 60.7 Å². The fourth-order valence-corrected chi connectivity index (χ4v) is 3.76. The molecule has 2 atom stereocenters. The van der Waals surface area contributed by atoms with Crippen LogP contribution in [-0.4, -0.2) is 60.4 Å². The molecular weight excluding hydrogens is 362 g/mol. The lowest BCUT2D eigenvalue weighted by atomic mass is 10.0. The van der Waals surface area contributed by atoms with Gasteiger partial charge < -0.3 is 10.2 Å². The Morgan fingerprint density at radius 3 is 2.24 bits per heavy atom. The van der Waals surface area contributed by atoms with Gasteiger partial charge in [0.25, 0.3) is 5.91 Å². The zero-order valence-corrected chi connectivity index (χ0v) is 17.4. The first-order chi connectivity index (χ1) is 14.1. The molecule has 0 radical (unpaired) electrons. The largest absolute Gasteiger partial charge is 0.354 e. The highest BCUT2D eigenvalue weighted by Gasteiger charge is 2.26. The highest BCUT2D eigenvalue weighted by atomic mass is 16.2. The van der Waals surface area contributed by atoms with Crippen LogP contribution >= 0.6 is 0 Å². The molecule has 2 amide bonds. The summed E-state index contributed by atoms with van der Waals surface area (Å²) < 4.78 is 0. The molecule has 154 valence electrons. The fourth-order valence-electron chi connectivity index (χ4n) is 3.76. The maximum atomic E-state index is 12.7. The number of nitrogens with zero attached hydrogens (tertiary/aromatic N) is 2. The van der Waals surface area contributed by atoms with Crippen molar-refractivity contribution in [2.75, 3.05) is 32.7 Å². The first kappa shape index (κ1) is 21.1. The summed E-state index contributed by atoms with van der Waals surface area (Å²) in [6.07, 6.45) is 0.872. The van der Waals surface area contributed by atoms with Crippen molar-refractivity contribution in [3.63, 3.8) is 0 Å². The average Bonchev–Trinajstić information content (AvgIpc) is 3.03. The molecule has 0 aromatic heterocycles. The van der Waals surface area contributed by atoms with Gasteiger partial charge in [0.1, 0.15) is 0 Å². The zero-order valence-electron chi connectivity index (χ0n) is 17.4. The van der Waals surface area contributed by atoms with Crippen molar-refractivity contribution in [1.82, 2.24) is 15.1 Å². The molecule has 5 heteroatoms. The Bertz CT molecular complexity index is 794. The van der Waals surface area contributed by atoms with Crippen LogP contribution in [0.2, 0.25) is 0 Å². The smallest absolute Gasteiger partial charge is 0.253 e. The maximum Gasteiger partial charge on any atom is 0.253 e. The van der Waals surface area contributed by atoms with E-state index in [1.807, 2.05) is 60.4 Å². The van der Waals surface area contributed by atoms with Crippen LogP contribution in [0.5, 0.6) is 0 Å². The normalized spacial score (nSPS) is 17.2. The van der Waals surface area contributed by atoms with Crippen molar-refractivity contribution in [3.05, 3.63) is 71.8 Å². The van der Waals surface area contributed by atoms with Crippen molar-refractivity contribution in [1.29, 1.82) is 0 Å². The summed E-state index contributed by atoms with van der Waals surface area (Å²) in [5.74, 6) is 0.396. The predicted octanol–water partition coefficient (Wildman–Crippen LogP) is 3.14. The Morgan fingerprint density at radius 2 is 1.55 bits per heavy atom. The Kier molecular flexibility index (Phi) is 7.42. The van der Waals surface area contributed by atoms with E-state index >= 15 is 0 Å². The van der Waals surface area contributed by atoms with Gasteiger partial charge in [-0.3, -0.25) is 14.5 Å². The number of nitrogens with one attached hydrogen (secondary N) is 1. The van der Waals surface area contributed by atoms with Crippen molar-refractivity contribution >= 4 is 11.8 Å². The lowest BCUT2D eigenvalue weighted by Crippen LogP contribution is -2.47. The Morgan fingerprint density at radius 1 is 0.897 bits per heavy atom. The first-order valence-electron chi connectivity index (χ1n) is 10.5. The second-order valence-electron chi connectivity index (χ2n) is 7.78. The summed E-state index contributed by atoms with van der Waals surface area (Å²) in [6, 6.07) is 19.4. The Balaban J connectivity index is 1.50. The van der Waals surface area contributed by atoms with E-state index in [2.05, 4.69) is 29.3 Å². The summed E-state index contributed by atoms with van der Waals surface area (Å²) in [6.45, 7) is 7.61. The minimum atomic E-state index is -0.204. The van der Waals surface area contributed by atoms with Crippen LogP contribution in [0, 0.1) is 0 Å². The topological polar surface area (TPSA) is 52.7 Å². The number of carbonyl (C=O) groups is 2. The van der Waals surface area contributed by atoms with E-state index in [-0.39, 0.29) is 23.8 Å². The number of rotatable bonds is 6. The van der Waals surface area contributed by atoms with Crippen LogP contribution in [0.3, 0.4) is 0 Å². The molecule has 2 unspecified atom stereocenters. The van der Waals surface area contributed by atoms with Crippen LogP contribution < -0.4 is 5.32 Å². The summed E-state index contributed by atoms with van der Waals surface area (Å²) in [5, 5.41) is 3.10. The molecule has 0 bridgehead atoms. The highest BCUT2D eigenvalue weighted by Crippen LogP contribution is 2.14.